The molecule has 0 radical (unpaired) electrons. The zero-order valence-electron chi connectivity index (χ0n) is 38.0. The van der Waals surface area contributed by atoms with E-state index in [9.17, 15) is 0 Å². The molecular weight excluding hydrogens is 833 g/mol. The summed E-state index contributed by atoms with van der Waals surface area (Å²) in [7, 11) is 0. The molecule has 0 saturated heterocycles. The molecule has 0 spiro atoms. The van der Waals surface area contributed by atoms with E-state index in [0.29, 0.717) is 0 Å². The van der Waals surface area contributed by atoms with E-state index in [1.54, 1.807) is 0 Å². The molecule has 0 aliphatic heterocycles. The highest BCUT2D eigenvalue weighted by Crippen LogP contribution is 2.58. The lowest BCUT2D eigenvalue weighted by molar-refractivity contribution is 0.762. The maximum atomic E-state index is 2.55. The van der Waals surface area contributed by atoms with Crippen LogP contribution in [-0.4, -0.2) is 4.57 Å². The average Bonchev–Trinajstić information content (AvgIpc) is 3.93. The average molecular weight is 879 g/mol. The Morgan fingerprint density at radius 1 is 0.304 bits per heavy atom. The van der Waals surface area contributed by atoms with Gasteiger partial charge in [0.25, 0.3) is 0 Å². The molecular formula is C67H46N2. The van der Waals surface area contributed by atoms with E-state index in [1.807, 2.05) is 0 Å². The molecule has 0 unspecified atom stereocenters. The molecule has 69 heavy (non-hydrogen) atoms. The standard InChI is InChI=1S/C67H46N2/c1-5-23-47(24-6-1)48-25-21-32-53(45-48)68(52-30-11-4-12-31-52)62-40-19-16-36-57(62)55-34-14-13-33-54(55)49-43-44-59-58-37-17-20-41-63(58)69(65(59)46-49)64-42-22-38-60-56-35-15-18-39-61(56)67(66(60)64,50-26-7-2-8-27-50)51-28-9-3-10-29-51/h1-46H. The number of rotatable bonds is 9. The van der Waals surface area contributed by atoms with E-state index in [1.165, 1.54) is 83.1 Å². The number of anilines is 3. The van der Waals surface area contributed by atoms with Gasteiger partial charge in [-0.3, -0.25) is 0 Å². The second-order valence-corrected chi connectivity index (χ2v) is 18.0. The molecule has 0 fully saturated rings. The van der Waals surface area contributed by atoms with Crippen molar-refractivity contribution in [1.82, 2.24) is 4.57 Å². The van der Waals surface area contributed by atoms with Crippen LogP contribution in [0.25, 0.3) is 72.0 Å². The number of nitrogens with zero attached hydrogens (tertiary/aromatic N) is 2. The predicted octanol–water partition coefficient (Wildman–Crippen LogP) is 17.6. The molecule has 1 aliphatic carbocycles. The van der Waals surface area contributed by atoms with Crippen LogP contribution < -0.4 is 4.90 Å². The zero-order chi connectivity index (χ0) is 45.7. The highest BCUT2D eigenvalue weighted by atomic mass is 15.1. The van der Waals surface area contributed by atoms with Crippen molar-refractivity contribution in [2.75, 3.05) is 4.90 Å². The molecule has 0 N–H and O–H groups in total. The minimum absolute atomic E-state index is 0.568. The number of hydrogen-bond acceptors (Lipinski definition) is 1. The van der Waals surface area contributed by atoms with Gasteiger partial charge in [0.1, 0.15) is 0 Å². The van der Waals surface area contributed by atoms with Crippen molar-refractivity contribution in [2.24, 2.45) is 0 Å². The van der Waals surface area contributed by atoms with Crippen LogP contribution in [0.15, 0.2) is 279 Å². The van der Waals surface area contributed by atoms with Gasteiger partial charge in [-0.05, 0) is 104 Å². The summed E-state index contributed by atoms with van der Waals surface area (Å²) in [4.78, 5) is 2.40. The van der Waals surface area contributed by atoms with E-state index in [-0.39, 0.29) is 0 Å². The molecule has 0 amide bonds. The zero-order valence-corrected chi connectivity index (χ0v) is 38.0. The minimum atomic E-state index is -0.568. The van der Waals surface area contributed by atoms with Gasteiger partial charge in [-0.1, -0.05) is 231 Å². The molecule has 1 heterocycles. The molecule has 0 saturated carbocycles. The van der Waals surface area contributed by atoms with Gasteiger partial charge in [-0.15, -0.1) is 0 Å². The lowest BCUT2D eigenvalue weighted by Gasteiger charge is -2.35. The van der Waals surface area contributed by atoms with Gasteiger partial charge >= 0.3 is 0 Å². The van der Waals surface area contributed by atoms with E-state index in [2.05, 4.69) is 289 Å². The second-order valence-electron chi connectivity index (χ2n) is 18.0. The fourth-order valence-electron chi connectivity index (χ4n) is 11.4. The first-order valence-electron chi connectivity index (χ1n) is 23.8. The Morgan fingerprint density at radius 3 is 1.59 bits per heavy atom. The fourth-order valence-corrected chi connectivity index (χ4v) is 11.4. The van der Waals surface area contributed by atoms with Gasteiger partial charge in [0, 0.05) is 33.3 Å². The molecule has 324 valence electrons. The highest BCUT2D eigenvalue weighted by molar-refractivity contribution is 6.11. The maximum Gasteiger partial charge on any atom is 0.0734 e. The summed E-state index contributed by atoms with van der Waals surface area (Å²) in [6, 6.07) is 102. The van der Waals surface area contributed by atoms with Crippen molar-refractivity contribution < 1.29 is 0 Å². The van der Waals surface area contributed by atoms with E-state index in [4.69, 9.17) is 0 Å². The molecule has 2 heteroatoms. The largest absolute Gasteiger partial charge is 0.310 e. The lowest BCUT2D eigenvalue weighted by atomic mass is 9.67. The molecule has 11 aromatic carbocycles. The molecule has 0 bridgehead atoms. The Labute approximate surface area is 403 Å². The van der Waals surface area contributed by atoms with Gasteiger partial charge in [0.15, 0.2) is 0 Å². The monoisotopic (exact) mass is 878 g/mol. The van der Waals surface area contributed by atoms with E-state index in [0.717, 1.165) is 28.2 Å². The molecule has 0 atom stereocenters. The van der Waals surface area contributed by atoms with Crippen LogP contribution in [0.4, 0.5) is 17.1 Å². The third kappa shape index (κ3) is 6.48. The summed E-state index contributed by atoms with van der Waals surface area (Å²) < 4.78 is 2.55. The van der Waals surface area contributed by atoms with Gasteiger partial charge in [-0.25, -0.2) is 0 Å². The van der Waals surface area contributed by atoms with Crippen LogP contribution in [0, 0.1) is 0 Å². The van der Waals surface area contributed by atoms with E-state index < -0.39 is 5.41 Å². The third-order valence-corrected chi connectivity index (χ3v) is 14.3. The number of fused-ring (bicyclic) bond motifs is 6. The smallest absolute Gasteiger partial charge is 0.0734 e. The Bertz CT molecular complexity index is 3790. The van der Waals surface area contributed by atoms with Gasteiger partial charge < -0.3 is 9.47 Å². The SMILES string of the molecule is c1ccc(-c2cccc(N(c3ccccc3)c3ccccc3-c3ccccc3-c3ccc4c5ccccc5n(-c5cccc6c5C(c5ccccc5)(c5ccccc5)c5ccccc5-6)c4c3)c2)cc1. The Morgan fingerprint density at radius 2 is 0.841 bits per heavy atom. The van der Waals surface area contributed by atoms with Crippen molar-refractivity contribution >= 4 is 38.9 Å². The minimum Gasteiger partial charge on any atom is -0.310 e. The van der Waals surface area contributed by atoms with Gasteiger partial charge in [-0.2, -0.15) is 0 Å². The lowest BCUT2D eigenvalue weighted by Crippen LogP contribution is -2.29. The van der Waals surface area contributed by atoms with Crippen LogP contribution in [-0.2, 0) is 5.41 Å². The molecule has 1 aliphatic rings. The quantitative estimate of drug-likeness (QED) is 0.140. The van der Waals surface area contributed by atoms with Crippen molar-refractivity contribution in [3.8, 4) is 50.2 Å². The number of para-hydroxylation sites is 3. The molecule has 13 rings (SSSR count). The molecule has 1 aromatic heterocycles. The summed E-state index contributed by atoms with van der Waals surface area (Å²) >= 11 is 0. The van der Waals surface area contributed by atoms with Gasteiger partial charge in [0.05, 0.1) is 27.8 Å². The predicted molar refractivity (Wildman–Crippen MR) is 289 cm³/mol. The first-order chi connectivity index (χ1) is 34.3. The highest BCUT2D eigenvalue weighted by Gasteiger charge is 2.48. The van der Waals surface area contributed by atoms with Crippen LogP contribution in [0.2, 0.25) is 0 Å². The first kappa shape index (κ1) is 40.3. The fraction of sp³-hybridized carbons (Fsp3) is 0.0149. The Balaban J connectivity index is 1.03. The second kappa shape index (κ2) is 16.7. The summed E-state index contributed by atoms with van der Waals surface area (Å²) in [6.07, 6.45) is 0. The molecule has 2 nitrogen and oxygen atoms in total. The Kier molecular flexibility index (Phi) is 9.77. The van der Waals surface area contributed by atoms with Crippen LogP contribution in [0.3, 0.4) is 0 Å². The number of benzene rings is 11. The Hall–Kier alpha value is -8.98. The van der Waals surface area contributed by atoms with Crippen molar-refractivity contribution in [1.29, 1.82) is 0 Å². The summed E-state index contributed by atoms with van der Waals surface area (Å²) in [6.45, 7) is 0. The van der Waals surface area contributed by atoms with Crippen molar-refractivity contribution in [3.63, 3.8) is 0 Å². The van der Waals surface area contributed by atoms with Crippen LogP contribution >= 0.6 is 0 Å². The van der Waals surface area contributed by atoms with Crippen molar-refractivity contribution in [3.05, 3.63) is 301 Å². The number of hydrogen-bond donors (Lipinski definition) is 0. The van der Waals surface area contributed by atoms with Crippen molar-refractivity contribution in [2.45, 2.75) is 5.41 Å². The van der Waals surface area contributed by atoms with Crippen LogP contribution in [0.1, 0.15) is 22.3 Å². The number of aromatic nitrogens is 1. The topological polar surface area (TPSA) is 8.17 Å². The van der Waals surface area contributed by atoms with Gasteiger partial charge in [0.2, 0.25) is 0 Å². The van der Waals surface area contributed by atoms with Crippen LogP contribution in [0.5, 0.6) is 0 Å². The van der Waals surface area contributed by atoms with E-state index >= 15 is 0 Å². The summed E-state index contributed by atoms with van der Waals surface area (Å²) in [5.41, 5.74) is 20.9. The summed E-state index contributed by atoms with van der Waals surface area (Å²) in [5, 5.41) is 2.45. The first-order valence-corrected chi connectivity index (χ1v) is 23.8. The normalized spacial score (nSPS) is 12.5. The molecule has 12 aromatic rings. The summed E-state index contributed by atoms with van der Waals surface area (Å²) in [5.74, 6) is 0. The third-order valence-electron chi connectivity index (χ3n) is 14.3. The maximum absolute atomic E-state index is 2.55.